The molecule has 0 aromatic heterocycles. The van der Waals surface area contributed by atoms with Crippen LogP contribution in [0.25, 0.3) is 0 Å². The largest absolute Gasteiger partial charge is 0.466 e. The number of esters is 1. The summed E-state index contributed by atoms with van der Waals surface area (Å²) in [5, 5.41) is 0. The van der Waals surface area contributed by atoms with Crippen molar-refractivity contribution >= 4 is 5.97 Å². The lowest BCUT2D eigenvalue weighted by Gasteiger charge is -2.32. The third kappa shape index (κ3) is 2.64. The molecule has 0 bridgehead atoms. The highest BCUT2D eigenvalue weighted by atomic mass is 19.3. The van der Waals surface area contributed by atoms with E-state index in [2.05, 4.69) is 0 Å². The molecule has 0 aromatic rings. The Labute approximate surface area is 81.6 Å². The van der Waals surface area contributed by atoms with Gasteiger partial charge in [-0.2, -0.15) is 0 Å². The van der Waals surface area contributed by atoms with Crippen molar-refractivity contribution in [2.24, 2.45) is 11.7 Å². The Morgan fingerprint density at radius 3 is 2.79 bits per heavy atom. The molecule has 5 heteroatoms. The minimum Gasteiger partial charge on any atom is -0.466 e. The highest BCUT2D eigenvalue weighted by Gasteiger charge is 2.43. The number of ether oxygens (including phenoxy) is 1. The lowest BCUT2D eigenvalue weighted by molar-refractivity contribution is -0.153. The van der Waals surface area contributed by atoms with E-state index in [0.717, 1.165) is 0 Å². The molecule has 0 aromatic carbocycles. The second-order valence-electron chi connectivity index (χ2n) is 3.62. The Morgan fingerprint density at radius 1 is 1.64 bits per heavy atom. The molecule has 1 aliphatic rings. The van der Waals surface area contributed by atoms with Gasteiger partial charge in [0.15, 0.2) is 0 Å². The number of hydrogen-bond donors (Lipinski definition) is 1. The van der Waals surface area contributed by atoms with Crippen LogP contribution in [0.3, 0.4) is 0 Å². The summed E-state index contributed by atoms with van der Waals surface area (Å²) in [6.07, 6.45) is -0.576. The maximum Gasteiger partial charge on any atom is 0.310 e. The van der Waals surface area contributed by atoms with E-state index in [1.165, 1.54) is 0 Å². The summed E-state index contributed by atoms with van der Waals surface area (Å²) in [7, 11) is 0. The molecule has 2 N–H and O–H groups in total. The SMILES string of the molecule is CCOC(=O)[C@@H]1CCC(F)(F)C[C@H]1N. The van der Waals surface area contributed by atoms with Gasteiger partial charge in [-0.1, -0.05) is 0 Å². The number of rotatable bonds is 2. The van der Waals surface area contributed by atoms with Crippen LogP contribution in [0.4, 0.5) is 8.78 Å². The molecule has 0 aliphatic heterocycles. The topological polar surface area (TPSA) is 52.3 Å². The molecular weight excluding hydrogens is 192 g/mol. The van der Waals surface area contributed by atoms with Crippen LogP contribution in [0.1, 0.15) is 26.2 Å². The zero-order chi connectivity index (χ0) is 10.8. The normalized spacial score (nSPS) is 31.1. The fourth-order valence-corrected chi connectivity index (χ4v) is 1.71. The van der Waals surface area contributed by atoms with Crippen molar-refractivity contribution in [3.8, 4) is 0 Å². The average Bonchev–Trinajstić information content (AvgIpc) is 2.02. The molecule has 0 unspecified atom stereocenters. The number of alkyl halides is 2. The van der Waals surface area contributed by atoms with Crippen molar-refractivity contribution in [1.29, 1.82) is 0 Å². The van der Waals surface area contributed by atoms with E-state index in [9.17, 15) is 13.6 Å². The molecule has 1 saturated carbocycles. The van der Waals surface area contributed by atoms with Gasteiger partial charge in [0.1, 0.15) is 0 Å². The minimum absolute atomic E-state index is 0.118. The average molecular weight is 207 g/mol. The van der Waals surface area contributed by atoms with Gasteiger partial charge in [-0.25, -0.2) is 8.78 Å². The first kappa shape index (κ1) is 11.4. The Morgan fingerprint density at radius 2 is 2.29 bits per heavy atom. The standard InChI is InChI=1S/C9H15F2NO2/c1-2-14-8(13)6-3-4-9(10,11)5-7(6)12/h6-7H,2-5,12H2,1H3/t6-,7-/m1/s1. The van der Waals surface area contributed by atoms with E-state index in [4.69, 9.17) is 10.5 Å². The fraction of sp³-hybridized carbons (Fsp3) is 0.889. The molecular formula is C9H15F2NO2. The van der Waals surface area contributed by atoms with E-state index in [0.29, 0.717) is 0 Å². The van der Waals surface area contributed by atoms with Crippen molar-refractivity contribution in [2.75, 3.05) is 6.61 Å². The molecule has 82 valence electrons. The van der Waals surface area contributed by atoms with E-state index in [-0.39, 0.29) is 19.4 Å². The maximum atomic E-state index is 12.8. The van der Waals surface area contributed by atoms with E-state index >= 15 is 0 Å². The van der Waals surface area contributed by atoms with Gasteiger partial charge in [0.25, 0.3) is 0 Å². The van der Waals surface area contributed by atoms with Crippen molar-refractivity contribution < 1.29 is 18.3 Å². The molecule has 0 radical (unpaired) electrons. The van der Waals surface area contributed by atoms with Crippen LogP contribution in [0.5, 0.6) is 0 Å². The summed E-state index contributed by atoms with van der Waals surface area (Å²) in [6, 6.07) is -0.780. The first-order valence-corrected chi connectivity index (χ1v) is 4.76. The van der Waals surface area contributed by atoms with E-state index < -0.39 is 30.3 Å². The maximum absolute atomic E-state index is 12.8. The number of carbonyl (C=O) groups is 1. The summed E-state index contributed by atoms with van der Waals surface area (Å²) >= 11 is 0. The minimum atomic E-state index is -2.72. The summed E-state index contributed by atoms with van der Waals surface area (Å²) in [6.45, 7) is 1.94. The predicted molar refractivity (Wildman–Crippen MR) is 46.9 cm³/mol. The highest BCUT2D eigenvalue weighted by Crippen LogP contribution is 2.35. The second kappa shape index (κ2) is 4.21. The van der Waals surface area contributed by atoms with Crippen LogP contribution >= 0.6 is 0 Å². The van der Waals surface area contributed by atoms with Crippen LogP contribution in [-0.2, 0) is 9.53 Å². The van der Waals surface area contributed by atoms with Gasteiger partial charge in [0, 0.05) is 18.9 Å². The zero-order valence-corrected chi connectivity index (χ0v) is 8.13. The molecule has 1 aliphatic carbocycles. The van der Waals surface area contributed by atoms with Crippen molar-refractivity contribution in [2.45, 2.75) is 38.2 Å². The molecule has 0 amide bonds. The lowest BCUT2D eigenvalue weighted by Crippen LogP contribution is -2.45. The van der Waals surface area contributed by atoms with Gasteiger partial charge in [0.05, 0.1) is 12.5 Å². The van der Waals surface area contributed by atoms with Crippen LogP contribution in [-0.4, -0.2) is 24.5 Å². The molecule has 0 saturated heterocycles. The molecule has 14 heavy (non-hydrogen) atoms. The first-order valence-electron chi connectivity index (χ1n) is 4.76. The van der Waals surface area contributed by atoms with Gasteiger partial charge in [-0.05, 0) is 13.3 Å². The summed E-state index contributed by atoms with van der Waals surface area (Å²) in [4.78, 5) is 11.3. The van der Waals surface area contributed by atoms with Crippen molar-refractivity contribution in [3.63, 3.8) is 0 Å². The molecule has 2 atom stereocenters. The third-order valence-corrected chi connectivity index (χ3v) is 2.46. The zero-order valence-electron chi connectivity index (χ0n) is 8.13. The van der Waals surface area contributed by atoms with Gasteiger partial charge < -0.3 is 10.5 Å². The van der Waals surface area contributed by atoms with Crippen molar-refractivity contribution in [3.05, 3.63) is 0 Å². The smallest absolute Gasteiger partial charge is 0.310 e. The van der Waals surface area contributed by atoms with E-state index in [1.54, 1.807) is 6.92 Å². The number of halogens is 2. The third-order valence-electron chi connectivity index (χ3n) is 2.46. The molecule has 1 fully saturated rings. The lowest BCUT2D eigenvalue weighted by atomic mass is 9.83. The van der Waals surface area contributed by atoms with Crippen LogP contribution in [0.15, 0.2) is 0 Å². The second-order valence-corrected chi connectivity index (χ2v) is 3.62. The Balaban J connectivity index is 2.53. The Kier molecular flexibility index (Phi) is 3.42. The van der Waals surface area contributed by atoms with Gasteiger partial charge in [0.2, 0.25) is 5.92 Å². The van der Waals surface area contributed by atoms with Gasteiger partial charge >= 0.3 is 5.97 Å². The summed E-state index contributed by atoms with van der Waals surface area (Å²) in [5.74, 6) is -3.73. The number of nitrogens with two attached hydrogens (primary N) is 1. The molecule has 0 heterocycles. The Hall–Kier alpha value is -0.710. The van der Waals surface area contributed by atoms with Gasteiger partial charge in [-0.15, -0.1) is 0 Å². The quantitative estimate of drug-likeness (QED) is 0.694. The number of hydrogen-bond acceptors (Lipinski definition) is 3. The van der Waals surface area contributed by atoms with Gasteiger partial charge in [-0.3, -0.25) is 4.79 Å². The summed E-state index contributed by atoms with van der Waals surface area (Å²) < 4.78 is 30.4. The first-order chi connectivity index (χ1) is 6.46. The monoisotopic (exact) mass is 207 g/mol. The fourth-order valence-electron chi connectivity index (χ4n) is 1.71. The Bertz CT molecular complexity index is 221. The predicted octanol–water partition coefficient (Wildman–Crippen LogP) is 1.31. The van der Waals surface area contributed by atoms with Crippen molar-refractivity contribution in [1.82, 2.24) is 0 Å². The van der Waals surface area contributed by atoms with E-state index in [1.807, 2.05) is 0 Å². The van der Waals surface area contributed by atoms with Crippen LogP contribution < -0.4 is 5.73 Å². The summed E-state index contributed by atoms with van der Waals surface area (Å²) in [5.41, 5.74) is 5.50. The van der Waals surface area contributed by atoms with Crippen LogP contribution in [0.2, 0.25) is 0 Å². The number of carbonyl (C=O) groups excluding carboxylic acids is 1. The highest BCUT2D eigenvalue weighted by molar-refractivity contribution is 5.73. The molecule has 0 spiro atoms. The molecule has 1 rings (SSSR count). The van der Waals surface area contributed by atoms with Crippen LogP contribution in [0, 0.1) is 5.92 Å². The molecule has 3 nitrogen and oxygen atoms in total.